The van der Waals surface area contributed by atoms with Crippen LogP contribution in [-0.2, 0) is 15.6 Å². The summed E-state index contributed by atoms with van der Waals surface area (Å²) in [4.78, 5) is 10.9. The van der Waals surface area contributed by atoms with Gasteiger partial charge >= 0.3 is 0 Å². The molecular weight excluding hydrogens is 176 g/mol. The molecule has 0 aliphatic rings. The molecule has 0 aliphatic heterocycles. The Bertz CT molecular complexity index is 143. The van der Waals surface area contributed by atoms with Crippen LogP contribution in [-0.4, -0.2) is 34.7 Å². The first-order valence-corrected chi connectivity index (χ1v) is 5.51. The van der Waals surface area contributed by atoms with Gasteiger partial charge in [0.1, 0.15) is 0 Å². The van der Waals surface area contributed by atoms with Crippen molar-refractivity contribution in [3.63, 3.8) is 0 Å². The van der Waals surface area contributed by atoms with Crippen molar-refractivity contribution >= 4 is 16.7 Å². The predicted octanol–water partition coefficient (Wildman–Crippen LogP) is -0.780. The highest BCUT2D eigenvalue weighted by Crippen LogP contribution is 1.87. The average Bonchev–Trinajstić information content (AvgIpc) is 2.02. The SMILES string of the molecule is CCNC(=O)CCS(=O)CCN. The molecule has 0 saturated heterocycles. The van der Waals surface area contributed by atoms with E-state index in [1.54, 1.807) is 0 Å². The molecule has 4 nitrogen and oxygen atoms in total. The van der Waals surface area contributed by atoms with Crippen LogP contribution in [0.5, 0.6) is 0 Å². The van der Waals surface area contributed by atoms with Crippen molar-refractivity contribution in [2.24, 2.45) is 5.73 Å². The Morgan fingerprint density at radius 3 is 2.67 bits per heavy atom. The standard InChI is InChI=1S/C7H16N2O2S/c1-2-9-7(10)3-5-12(11)6-4-8/h2-6,8H2,1H3,(H,9,10). The summed E-state index contributed by atoms with van der Waals surface area (Å²) < 4.78 is 11.0. The van der Waals surface area contributed by atoms with Crippen LogP contribution in [0, 0.1) is 0 Å². The van der Waals surface area contributed by atoms with Crippen molar-refractivity contribution in [3.8, 4) is 0 Å². The summed E-state index contributed by atoms with van der Waals surface area (Å²) in [5.74, 6) is 0.866. The van der Waals surface area contributed by atoms with Crippen molar-refractivity contribution in [1.82, 2.24) is 5.32 Å². The van der Waals surface area contributed by atoms with E-state index in [9.17, 15) is 9.00 Å². The number of nitrogens with one attached hydrogen (secondary N) is 1. The van der Waals surface area contributed by atoms with Gasteiger partial charge in [0, 0.05) is 41.8 Å². The fourth-order valence-electron chi connectivity index (χ4n) is 0.726. The van der Waals surface area contributed by atoms with E-state index in [0.29, 0.717) is 31.0 Å². The van der Waals surface area contributed by atoms with Gasteiger partial charge in [-0.2, -0.15) is 0 Å². The lowest BCUT2D eigenvalue weighted by Gasteiger charge is -2.01. The highest BCUT2D eigenvalue weighted by molar-refractivity contribution is 7.85. The minimum absolute atomic E-state index is 0.0390. The first-order valence-electron chi connectivity index (χ1n) is 4.02. The Labute approximate surface area is 75.4 Å². The van der Waals surface area contributed by atoms with Crippen LogP contribution in [0.25, 0.3) is 0 Å². The van der Waals surface area contributed by atoms with E-state index in [0.717, 1.165) is 0 Å². The molecule has 0 radical (unpaired) electrons. The maximum absolute atomic E-state index is 11.0. The van der Waals surface area contributed by atoms with Gasteiger partial charge in [-0.05, 0) is 6.92 Å². The predicted molar refractivity (Wildman–Crippen MR) is 50.2 cm³/mol. The van der Waals surface area contributed by atoms with Crippen molar-refractivity contribution in [2.45, 2.75) is 13.3 Å². The lowest BCUT2D eigenvalue weighted by Crippen LogP contribution is -2.25. The van der Waals surface area contributed by atoms with Gasteiger partial charge in [-0.1, -0.05) is 0 Å². The molecule has 0 aromatic carbocycles. The smallest absolute Gasteiger partial charge is 0.220 e. The summed E-state index contributed by atoms with van der Waals surface area (Å²) in [7, 11) is -0.930. The summed E-state index contributed by atoms with van der Waals surface area (Å²) in [6.45, 7) is 2.90. The molecule has 0 rings (SSSR count). The molecule has 0 aromatic rings. The maximum atomic E-state index is 11.0. The van der Waals surface area contributed by atoms with Gasteiger partial charge in [0.25, 0.3) is 0 Å². The van der Waals surface area contributed by atoms with Crippen molar-refractivity contribution in [3.05, 3.63) is 0 Å². The molecule has 1 amide bonds. The van der Waals surface area contributed by atoms with Gasteiger partial charge in [0.15, 0.2) is 0 Å². The van der Waals surface area contributed by atoms with Crippen LogP contribution in [0.3, 0.4) is 0 Å². The molecule has 12 heavy (non-hydrogen) atoms. The maximum Gasteiger partial charge on any atom is 0.220 e. The number of carbonyl (C=O) groups is 1. The monoisotopic (exact) mass is 192 g/mol. The zero-order valence-electron chi connectivity index (χ0n) is 7.34. The molecule has 1 unspecified atom stereocenters. The highest BCUT2D eigenvalue weighted by atomic mass is 32.2. The molecular formula is C7H16N2O2S. The van der Waals surface area contributed by atoms with Crippen molar-refractivity contribution in [2.75, 3.05) is 24.6 Å². The topological polar surface area (TPSA) is 72.2 Å². The number of hydrogen-bond donors (Lipinski definition) is 2. The van der Waals surface area contributed by atoms with Crippen molar-refractivity contribution in [1.29, 1.82) is 0 Å². The van der Waals surface area contributed by atoms with Gasteiger partial charge in [0.05, 0.1) is 0 Å². The fourth-order valence-corrected chi connectivity index (χ4v) is 1.61. The third-order valence-corrected chi connectivity index (χ3v) is 2.63. The fraction of sp³-hybridized carbons (Fsp3) is 0.857. The van der Waals surface area contributed by atoms with Crippen LogP contribution in [0.15, 0.2) is 0 Å². The summed E-state index contributed by atoms with van der Waals surface area (Å²) in [5, 5.41) is 2.64. The van der Waals surface area contributed by atoms with Gasteiger partial charge in [0.2, 0.25) is 5.91 Å². The Morgan fingerprint density at radius 1 is 1.50 bits per heavy atom. The Balaban J connectivity index is 3.40. The number of carbonyl (C=O) groups excluding carboxylic acids is 1. The molecule has 72 valence electrons. The molecule has 0 spiro atoms. The quantitative estimate of drug-likeness (QED) is 0.580. The van der Waals surface area contributed by atoms with Crippen LogP contribution in [0.2, 0.25) is 0 Å². The van der Waals surface area contributed by atoms with Gasteiger partial charge in [-0.25, -0.2) is 0 Å². The number of rotatable bonds is 6. The third-order valence-electron chi connectivity index (χ3n) is 1.28. The molecule has 1 atom stereocenters. The Morgan fingerprint density at radius 2 is 2.17 bits per heavy atom. The second-order valence-corrected chi connectivity index (χ2v) is 4.04. The summed E-state index contributed by atoms with van der Waals surface area (Å²) >= 11 is 0. The second-order valence-electron chi connectivity index (χ2n) is 2.34. The molecule has 0 fully saturated rings. The average molecular weight is 192 g/mol. The van der Waals surface area contributed by atoms with E-state index in [2.05, 4.69) is 5.32 Å². The van der Waals surface area contributed by atoms with Crippen LogP contribution < -0.4 is 11.1 Å². The van der Waals surface area contributed by atoms with E-state index in [1.807, 2.05) is 6.92 Å². The van der Waals surface area contributed by atoms with Crippen LogP contribution in [0.4, 0.5) is 0 Å². The number of nitrogens with two attached hydrogens (primary N) is 1. The zero-order chi connectivity index (χ0) is 9.40. The Kier molecular flexibility index (Phi) is 6.99. The van der Waals surface area contributed by atoms with E-state index >= 15 is 0 Å². The summed E-state index contributed by atoms with van der Waals surface area (Å²) in [6.07, 6.45) is 0.334. The molecule has 0 saturated carbocycles. The van der Waals surface area contributed by atoms with E-state index in [1.165, 1.54) is 0 Å². The second kappa shape index (κ2) is 7.24. The molecule has 0 aromatic heterocycles. The first-order chi connectivity index (χ1) is 5.70. The molecule has 0 heterocycles. The largest absolute Gasteiger partial charge is 0.356 e. The van der Waals surface area contributed by atoms with E-state index in [4.69, 9.17) is 5.73 Å². The highest BCUT2D eigenvalue weighted by Gasteiger charge is 2.02. The van der Waals surface area contributed by atoms with Crippen LogP contribution in [0.1, 0.15) is 13.3 Å². The lowest BCUT2D eigenvalue weighted by atomic mass is 10.4. The summed E-state index contributed by atoms with van der Waals surface area (Å²) in [5.41, 5.74) is 5.20. The zero-order valence-corrected chi connectivity index (χ0v) is 8.15. The van der Waals surface area contributed by atoms with Gasteiger partial charge < -0.3 is 11.1 Å². The Hall–Kier alpha value is -0.420. The number of amides is 1. The van der Waals surface area contributed by atoms with Gasteiger partial charge in [-0.3, -0.25) is 9.00 Å². The molecule has 5 heteroatoms. The minimum Gasteiger partial charge on any atom is -0.356 e. The molecule has 3 N–H and O–H groups in total. The lowest BCUT2D eigenvalue weighted by molar-refractivity contribution is -0.120. The minimum atomic E-state index is -0.930. The normalized spacial score (nSPS) is 12.5. The first kappa shape index (κ1) is 11.6. The van der Waals surface area contributed by atoms with Crippen molar-refractivity contribution < 1.29 is 9.00 Å². The number of hydrogen-bond acceptors (Lipinski definition) is 3. The van der Waals surface area contributed by atoms with Gasteiger partial charge in [-0.15, -0.1) is 0 Å². The molecule has 0 bridgehead atoms. The van der Waals surface area contributed by atoms with Crippen LogP contribution >= 0.6 is 0 Å². The molecule has 0 aliphatic carbocycles. The third kappa shape index (κ3) is 6.30. The summed E-state index contributed by atoms with van der Waals surface area (Å²) in [6, 6.07) is 0. The van der Waals surface area contributed by atoms with E-state index in [-0.39, 0.29) is 5.91 Å². The van der Waals surface area contributed by atoms with E-state index < -0.39 is 10.8 Å².